The summed E-state index contributed by atoms with van der Waals surface area (Å²) >= 11 is 0. The summed E-state index contributed by atoms with van der Waals surface area (Å²) in [7, 11) is 0. The molecule has 8 heteroatoms. The lowest BCUT2D eigenvalue weighted by Gasteiger charge is -2.35. The third-order valence-electron chi connectivity index (χ3n) is 4.04. The second-order valence-electron chi connectivity index (χ2n) is 5.64. The van der Waals surface area contributed by atoms with E-state index in [9.17, 15) is 23.3 Å². The van der Waals surface area contributed by atoms with Gasteiger partial charge in [-0.3, -0.25) is 15.0 Å². The minimum atomic E-state index is -4.58. The first kappa shape index (κ1) is 17.5. The third kappa shape index (κ3) is 4.34. The molecule has 1 saturated heterocycles. The van der Waals surface area contributed by atoms with Crippen LogP contribution in [0.4, 0.5) is 24.5 Å². The summed E-state index contributed by atoms with van der Waals surface area (Å²) in [4.78, 5) is 14.5. The largest absolute Gasteiger partial charge is 0.416 e. The highest BCUT2D eigenvalue weighted by Gasteiger charge is 2.34. The lowest BCUT2D eigenvalue weighted by atomic mass is 10.1. The molecule has 0 N–H and O–H groups in total. The molecule has 0 bridgehead atoms. The van der Waals surface area contributed by atoms with Gasteiger partial charge in [-0.2, -0.15) is 13.2 Å². The van der Waals surface area contributed by atoms with Gasteiger partial charge in [0.25, 0.3) is 5.69 Å². The molecule has 1 heterocycles. The number of nitro benzene ring substituents is 1. The van der Waals surface area contributed by atoms with Crippen molar-refractivity contribution in [2.75, 3.05) is 37.6 Å². The Bertz CT molecular complexity index is 555. The molecule has 0 aliphatic carbocycles. The van der Waals surface area contributed by atoms with Crippen molar-refractivity contribution in [1.82, 2.24) is 4.90 Å². The molecule has 2 rings (SSSR count). The Kier molecular flexibility index (Phi) is 5.46. The number of benzene rings is 1. The first-order valence-electron chi connectivity index (χ1n) is 7.66. The average molecular weight is 331 g/mol. The van der Waals surface area contributed by atoms with Crippen molar-refractivity contribution < 1.29 is 18.1 Å². The van der Waals surface area contributed by atoms with E-state index >= 15 is 0 Å². The molecule has 0 amide bonds. The Morgan fingerprint density at radius 2 is 1.87 bits per heavy atom. The highest BCUT2D eigenvalue weighted by molar-refractivity contribution is 5.65. The number of alkyl halides is 3. The number of piperazine rings is 1. The van der Waals surface area contributed by atoms with Crippen LogP contribution in [-0.4, -0.2) is 42.5 Å². The lowest BCUT2D eigenvalue weighted by Crippen LogP contribution is -2.46. The fraction of sp³-hybridized carbons (Fsp3) is 0.600. The molecule has 1 aliphatic heterocycles. The maximum absolute atomic E-state index is 12.7. The van der Waals surface area contributed by atoms with Crippen molar-refractivity contribution in [2.45, 2.75) is 25.9 Å². The Morgan fingerprint density at radius 1 is 1.22 bits per heavy atom. The predicted octanol–water partition coefficient (Wildman–Crippen LogP) is 3.54. The topological polar surface area (TPSA) is 49.6 Å². The molecule has 1 aromatic carbocycles. The van der Waals surface area contributed by atoms with E-state index in [2.05, 4.69) is 11.8 Å². The van der Waals surface area contributed by atoms with Gasteiger partial charge in [0.05, 0.1) is 10.5 Å². The first-order chi connectivity index (χ1) is 10.8. The summed E-state index contributed by atoms with van der Waals surface area (Å²) in [5.41, 5.74) is -1.21. The van der Waals surface area contributed by atoms with Crippen LogP contribution in [0.3, 0.4) is 0 Å². The number of unbranched alkanes of at least 4 members (excludes halogenated alkanes) is 1. The molecule has 0 spiro atoms. The quantitative estimate of drug-likeness (QED) is 0.612. The van der Waals surface area contributed by atoms with E-state index < -0.39 is 22.4 Å². The highest BCUT2D eigenvalue weighted by atomic mass is 19.4. The molecular formula is C15H20F3N3O2. The molecule has 23 heavy (non-hydrogen) atoms. The highest BCUT2D eigenvalue weighted by Crippen LogP contribution is 2.36. The summed E-state index contributed by atoms with van der Waals surface area (Å²) in [6.07, 6.45) is -2.38. The molecule has 0 saturated carbocycles. The molecule has 0 atom stereocenters. The van der Waals surface area contributed by atoms with Crippen molar-refractivity contribution in [1.29, 1.82) is 0 Å². The van der Waals surface area contributed by atoms with E-state index in [1.54, 1.807) is 4.90 Å². The Labute approximate surface area is 132 Å². The van der Waals surface area contributed by atoms with Gasteiger partial charge in [-0.1, -0.05) is 13.3 Å². The molecule has 1 aromatic rings. The summed E-state index contributed by atoms with van der Waals surface area (Å²) in [6.45, 7) is 5.78. The van der Waals surface area contributed by atoms with Crippen LogP contribution in [0, 0.1) is 10.1 Å². The van der Waals surface area contributed by atoms with Crippen LogP contribution in [0.15, 0.2) is 18.2 Å². The summed E-state index contributed by atoms with van der Waals surface area (Å²) in [5, 5.41) is 11.2. The average Bonchev–Trinajstić information content (AvgIpc) is 2.52. The maximum Gasteiger partial charge on any atom is 0.416 e. The van der Waals surface area contributed by atoms with Crippen molar-refractivity contribution in [3.8, 4) is 0 Å². The molecular weight excluding hydrogens is 311 g/mol. The van der Waals surface area contributed by atoms with Crippen molar-refractivity contribution >= 4 is 11.4 Å². The van der Waals surface area contributed by atoms with E-state index in [1.165, 1.54) is 6.07 Å². The Morgan fingerprint density at radius 3 is 2.39 bits per heavy atom. The molecule has 1 aliphatic rings. The zero-order valence-corrected chi connectivity index (χ0v) is 13.0. The van der Waals surface area contributed by atoms with Gasteiger partial charge in [0.1, 0.15) is 5.69 Å². The Hall–Kier alpha value is -1.83. The van der Waals surface area contributed by atoms with Gasteiger partial charge < -0.3 is 4.90 Å². The van der Waals surface area contributed by atoms with Crippen molar-refractivity contribution in [2.24, 2.45) is 0 Å². The Balaban J connectivity index is 2.15. The van der Waals surface area contributed by atoms with Crippen LogP contribution >= 0.6 is 0 Å². The number of hydrogen-bond donors (Lipinski definition) is 0. The third-order valence-corrected chi connectivity index (χ3v) is 4.04. The van der Waals surface area contributed by atoms with E-state index in [0.29, 0.717) is 19.2 Å². The minimum absolute atomic E-state index is 0.262. The number of halogens is 3. The van der Waals surface area contributed by atoms with E-state index in [1.807, 2.05) is 0 Å². The molecule has 0 unspecified atom stereocenters. The van der Waals surface area contributed by atoms with Gasteiger partial charge in [0.15, 0.2) is 0 Å². The van der Waals surface area contributed by atoms with Gasteiger partial charge in [0.2, 0.25) is 0 Å². The number of nitrogens with zero attached hydrogens (tertiary/aromatic N) is 3. The summed E-state index contributed by atoms with van der Waals surface area (Å²) in [6, 6.07) is 2.74. The standard InChI is InChI=1S/C15H20F3N3O2/c1-2-3-6-19-7-9-20(10-8-19)13-5-4-12(15(16,17)18)11-14(13)21(22)23/h4-5,11H,2-3,6-10H2,1H3. The second kappa shape index (κ2) is 7.16. The van der Waals surface area contributed by atoms with Crippen LogP contribution in [0.25, 0.3) is 0 Å². The second-order valence-corrected chi connectivity index (χ2v) is 5.64. The lowest BCUT2D eigenvalue weighted by molar-refractivity contribution is -0.384. The molecule has 128 valence electrons. The number of hydrogen-bond acceptors (Lipinski definition) is 4. The normalized spacial score (nSPS) is 16.6. The van der Waals surface area contributed by atoms with Crippen LogP contribution < -0.4 is 4.90 Å². The molecule has 0 radical (unpaired) electrons. The molecule has 1 fully saturated rings. The van der Waals surface area contributed by atoms with Crippen LogP contribution in [-0.2, 0) is 6.18 Å². The van der Waals surface area contributed by atoms with E-state index in [4.69, 9.17) is 0 Å². The molecule has 5 nitrogen and oxygen atoms in total. The number of rotatable bonds is 5. The van der Waals surface area contributed by atoms with E-state index in [-0.39, 0.29) is 5.69 Å². The van der Waals surface area contributed by atoms with Crippen LogP contribution in [0.1, 0.15) is 25.3 Å². The van der Waals surface area contributed by atoms with Gasteiger partial charge >= 0.3 is 6.18 Å². The van der Waals surface area contributed by atoms with Gasteiger partial charge in [-0.05, 0) is 25.1 Å². The summed E-state index contributed by atoms with van der Waals surface area (Å²) in [5.74, 6) is 0. The SMILES string of the molecule is CCCCN1CCN(c2ccc(C(F)(F)F)cc2[N+](=O)[O-])CC1. The summed E-state index contributed by atoms with van der Waals surface area (Å²) < 4.78 is 38.2. The first-order valence-corrected chi connectivity index (χ1v) is 7.66. The van der Waals surface area contributed by atoms with Crippen LogP contribution in [0.2, 0.25) is 0 Å². The molecule has 0 aromatic heterocycles. The fourth-order valence-electron chi connectivity index (χ4n) is 2.71. The van der Waals surface area contributed by atoms with Crippen molar-refractivity contribution in [3.05, 3.63) is 33.9 Å². The number of anilines is 1. The van der Waals surface area contributed by atoms with Gasteiger partial charge in [0, 0.05) is 32.2 Å². The smallest absolute Gasteiger partial charge is 0.363 e. The zero-order valence-electron chi connectivity index (χ0n) is 13.0. The van der Waals surface area contributed by atoms with Crippen molar-refractivity contribution in [3.63, 3.8) is 0 Å². The number of nitro groups is 1. The van der Waals surface area contributed by atoms with Crippen LogP contribution in [0.5, 0.6) is 0 Å². The maximum atomic E-state index is 12.7. The minimum Gasteiger partial charge on any atom is -0.363 e. The van der Waals surface area contributed by atoms with Gasteiger partial charge in [-0.25, -0.2) is 0 Å². The van der Waals surface area contributed by atoms with E-state index in [0.717, 1.165) is 38.5 Å². The predicted molar refractivity (Wildman–Crippen MR) is 81.7 cm³/mol. The van der Waals surface area contributed by atoms with Gasteiger partial charge in [-0.15, -0.1) is 0 Å². The zero-order chi connectivity index (χ0) is 17.0. The monoisotopic (exact) mass is 331 g/mol. The fourth-order valence-corrected chi connectivity index (χ4v) is 2.71.